The predicted octanol–water partition coefficient (Wildman–Crippen LogP) is 5.53. The van der Waals surface area contributed by atoms with Crippen molar-refractivity contribution in [3.8, 4) is 0 Å². The number of hydrogen-bond acceptors (Lipinski definition) is 1. The average Bonchev–Trinajstić information content (AvgIpc) is 2.37. The van der Waals surface area contributed by atoms with E-state index in [2.05, 4.69) is 26.6 Å². The third kappa shape index (κ3) is 3.95. The quantitative estimate of drug-likeness (QED) is 0.681. The van der Waals surface area contributed by atoms with Crippen LogP contribution in [0.5, 0.6) is 0 Å². The summed E-state index contributed by atoms with van der Waals surface area (Å²) in [5.41, 5.74) is 4.01. The highest BCUT2D eigenvalue weighted by atomic mass is 79.9. The first-order valence-corrected chi connectivity index (χ1v) is 7.64. The van der Waals surface area contributed by atoms with Gasteiger partial charge in [-0.25, -0.2) is 0 Å². The van der Waals surface area contributed by atoms with Crippen LogP contribution in [0.3, 0.4) is 0 Å². The van der Waals surface area contributed by atoms with Gasteiger partial charge in [0, 0.05) is 15.2 Å². The normalized spacial score (nSPS) is 10.2. The molecule has 0 fully saturated rings. The molecule has 0 heterocycles. The molecule has 2 rings (SSSR count). The smallest absolute Gasteiger partial charge is 0.175 e. The minimum Gasteiger partial charge on any atom is -0.332 e. The first-order chi connectivity index (χ1) is 9.45. The van der Waals surface area contributed by atoms with Crippen LogP contribution in [0.1, 0.15) is 11.1 Å². The maximum absolute atomic E-state index is 6.09. The van der Waals surface area contributed by atoms with Gasteiger partial charge in [0.25, 0.3) is 0 Å². The second-order valence-corrected chi connectivity index (χ2v) is 6.20. The van der Waals surface area contributed by atoms with Crippen LogP contribution in [-0.4, -0.2) is 5.11 Å². The number of halogens is 2. The van der Waals surface area contributed by atoms with Crippen molar-refractivity contribution in [2.24, 2.45) is 0 Å². The summed E-state index contributed by atoms with van der Waals surface area (Å²) in [6.07, 6.45) is 0. The lowest BCUT2D eigenvalue weighted by atomic mass is 10.2. The first kappa shape index (κ1) is 15.3. The molecule has 2 nitrogen and oxygen atoms in total. The van der Waals surface area contributed by atoms with Crippen LogP contribution >= 0.6 is 39.7 Å². The van der Waals surface area contributed by atoms with E-state index in [1.54, 1.807) is 0 Å². The molecule has 0 spiro atoms. The molecule has 0 atom stereocenters. The van der Waals surface area contributed by atoms with E-state index in [0.717, 1.165) is 21.4 Å². The Balaban J connectivity index is 2.07. The molecule has 0 bridgehead atoms. The SMILES string of the molecule is Cc1ccc(NC(=S)Nc2ccc(C)c(Cl)c2)c(Br)c1. The molecule has 2 N–H and O–H groups in total. The van der Waals surface area contributed by atoms with Crippen molar-refractivity contribution in [2.45, 2.75) is 13.8 Å². The number of hydrogen-bond donors (Lipinski definition) is 2. The fourth-order valence-corrected chi connectivity index (χ4v) is 2.68. The monoisotopic (exact) mass is 368 g/mol. The van der Waals surface area contributed by atoms with Crippen LogP contribution in [0.2, 0.25) is 5.02 Å². The van der Waals surface area contributed by atoms with Gasteiger partial charge in [-0.15, -0.1) is 0 Å². The molecule has 5 heteroatoms. The van der Waals surface area contributed by atoms with Gasteiger partial charge in [0.05, 0.1) is 5.69 Å². The Hall–Kier alpha value is -1.10. The zero-order valence-electron chi connectivity index (χ0n) is 11.1. The number of thiocarbonyl (C=S) groups is 1. The van der Waals surface area contributed by atoms with E-state index in [9.17, 15) is 0 Å². The van der Waals surface area contributed by atoms with Gasteiger partial charge >= 0.3 is 0 Å². The largest absolute Gasteiger partial charge is 0.332 e. The predicted molar refractivity (Wildman–Crippen MR) is 94.9 cm³/mol. The number of nitrogens with one attached hydrogen (secondary N) is 2. The molecular formula is C15H14BrClN2S. The van der Waals surface area contributed by atoms with Gasteiger partial charge < -0.3 is 10.6 Å². The zero-order valence-corrected chi connectivity index (χ0v) is 14.3. The molecule has 0 aliphatic heterocycles. The van der Waals surface area contributed by atoms with Gasteiger partial charge in [0.15, 0.2) is 5.11 Å². The van der Waals surface area contributed by atoms with Crippen molar-refractivity contribution < 1.29 is 0 Å². The fourth-order valence-electron chi connectivity index (χ4n) is 1.68. The van der Waals surface area contributed by atoms with Crippen molar-refractivity contribution in [3.63, 3.8) is 0 Å². The lowest BCUT2D eigenvalue weighted by Crippen LogP contribution is -2.19. The van der Waals surface area contributed by atoms with Crippen molar-refractivity contribution >= 4 is 56.2 Å². The number of benzene rings is 2. The van der Waals surface area contributed by atoms with Gasteiger partial charge in [0.1, 0.15) is 0 Å². The maximum Gasteiger partial charge on any atom is 0.175 e. The van der Waals surface area contributed by atoms with Crippen LogP contribution < -0.4 is 10.6 Å². The Labute approximate surface area is 137 Å². The van der Waals surface area contributed by atoms with E-state index < -0.39 is 0 Å². The summed E-state index contributed by atoms with van der Waals surface area (Å²) in [5, 5.41) is 7.51. The minimum atomic E-state index is 0.523. The standard InChI is InChI=1S/C15H14BrClN2S/c1-9-3-6-14(12(16)7-9)19-15(20)18-11-5-4-10(2)13(17)8-11/h3-8H,1-2H3,(H2,18,19,20). The molecule has 0 radical (unpaired) electrons. The Morgan fingerprint density at radius 1 is 1.10 bits per heavy atom. The number of rotatable bonds is 2. The van der Waals surface area contributed by atoms with E-state index in [4.69, 9.17) is 23.8 Å². The molecule has 0 aliphatic carbocycles. The van der Waals surface area contributed by atoms with Crippen molar-refractivity contribution in [3.05, 3.63) is 57.0 Å². The van der Waals surface area contributed by atoms with Crippen molar-refractivity contribution in [1.82, 2.24) is 0 Å². The minimum absolute atomic E-state index is 0.523. The van der Waals surface area contributed by atoms with Gasteiger partial charge in [-0.1, -0.05) is 23.7 Å². The highest BCUT2D eigenvalue weighted by Crippen LogP contribution is 2.24. The third-order valence-electron chi connectivity index (χ3n) is 2.80. The van der Waals surface area contributed by atoms with E-state index in [-0.39, 0.29) is 0 Å². The molecule has 0 amide bonds. The molecular weight excluding hydrogens is 356 g/mol. The van der Waals surface area contributed by atoms with Crippen LogP contribution in [-0.2, 0) is 0 Å². The lowest BCUT2D eigenvalue weighted by molar-refractivity contribution is 1.44. The molecule has 0 aliphatic rings. The van der Waals surface area contributed by atoms with Crippen LogP contribution in [0.4, 0.5) is 11.4 Å². The Morgan fingerprint density at radius 2 is 1.85 bits per heavy atom. The third-order valence-corrected chi connectivity index (χ3v) is 4.07. The summed E-state index contributed by atoms with van der Waals surface area (Å²) in [6, 6.07) is 11.8. The molecule has 0 saturated carbocycles. The summed E-state index contributed by atoms with van der Waals surface area (Å²) in [6.45, 7) is 4.01. The maximum atomic E-state index is 6.09. The van der Waals surface area contributed by atoms with Crippen molar-refractivity contribution in [1.29, 1.82) is 0 Å². The molecule has 20 heavy (non-hydrogen) atoms. The lowest BCUT2D eigenvalue weighted by Gasteiger charge is -2.13. The number of aryl methyl sites for hydroxylation is 2. The molecule has 2 aromatic carbocycles. The average molecular weight is 370 g/mol. The summed E-state index contributed by atoms with van der Waals surface area (Å²) >= 11 is 14.9. The molecule has 0 unspecified atom stereocenters. The van der Waals surface area contributed by atoms with E-state index in [1.807, 2.05) is 50.2 Å². The van der Waals surface area contributed by atoms with Crippen LogP contribution in [0.15, 0.2) is 40.9 Å². The molecule has 2 aromatic rings. The summed E-state index contributed by atoms with van der Waals surface area (Å²) < 4.78 is 0.976. The Morgan fingerprint density at radius 3 is 2.50 bits per heavy atom. The van der Waals surface area contributed by atoms with Gasteiger partial charge in [-0.3, -0.25) is 0 Å². The summed E-state index contributed by atoms with van der Waals surface area (Å²) in [5.74, 6) is 0. The van der Waals surface area contributed by atoms with Crippen LogP contribution in [0.25, 0.3) is 0 Å². The highest BCUT2D eigenvalue weighted by Gasteiger charge is 2.04. The summed E-state index contributed by atoms with van der Waals surface area (Å²) in [7, 11) is 0. The topological polar surface area (TPSA) is 24.1 Å². The van der Waals surface area contributed by atoms with Crippen molar-refractivity contribution in [2.75, 3.05) is 10.6 Å². The fraction of sp³-hybridized carbons (Fsp3) is 0.133. The zero-order chi connectivity index (χ0) is 14.7. The summed E-state index contributed by atoms with van der Waals surface area (Å²) in [4.78, 5) is 0. The molecule has 0 saturated heterocycles. The second-order valence-electron chi connectivity index (χ2n) is 4.53. The van der Waals surface area contributed by atoms with Gasteiger partial charge in [-0.2, -0.15) is 0 Å². The highest BCUT2D eigenvalue weighted by molar-refractivity contribution is 9.10. The van der Waals surface area contributed by atoms with Gasteiger partial charge in [-0.05, 0) is 77.4 Å². The number of anilines is 2. The molecule has 104 valence electrons. The molecule has 0 aromatic heterocycles. The first-order valence-electron chi connectivity index (χ1n) is 6.06. The Bertz CT molecular complexity index is 658. The van der Waals surface area contributed by atoms with E-state index >= 15 is 0 Å². The van der Waals surface area contributed by atoms with E-state index in [1.165, 1.54) is 5.56 Å². The Kier molecular flexibility index (Phi) is 5.02. The second kappa shape index (κ2) is 6.57. The van der Waals surface area contributed by atoms with Crippen LogP contribution in [0, 0.1) is 13.8 Å². The van der Waals surface area contributed by atoms with Gasteiger partial charge in [0.2, 0.25) is 0 Å². The van der Waals surface area contributed by atoms with E-state index in [0.29, 0.717) is 10.1 Å².